The third-order valence-corrected chi connectivity index (χ3v) is 5.60. The average Bonchev–Trinajstić information content (AvgIpc) is 2.58. The molecule has 0 amide bonds. The minimum absolute atomic E-state index is 0.0978. The summed E-state index contributed by atoms with van der Waals surface area (Å²) in [5, 5.41) is 0.356. The number of sulfone groups is 1. The van der Waals surface area contributed by atoms with Crippen molar-refractivity contribution in [3.05, 3.63) is 70.8 Å². The number of hydrogen-bond donors (Lipinski definition) is 0. The van der Waals surface area contributed by atoms with Crippen molar-refractivity contribution in [1.82, 2.24) is 4.57 Å². The van der Waals surface area contributed by atoms with E-state index in [1.54, 1.807) is 22.8 Å². The third-order valence-electron chi connectivity index (χ3n) is 3.83. The Morgan fingerprint density at radius 2 is 1.71 bits per heavy atom. The van der Waals surface area contributed by atoms with E-state index in [2.05, 4.69) is 0 Å². The minimum atomic E-state index is -4.02. The van der Waals surface area contributed by atoms with Crippen LogP contribution < -0.4 is 5.43 Å². The topological polar surface area (TPSA) is 56.1 Å². The molecule has 2 aromatic carbocycles. The van der Waals surface area contributed by atoms with Gasteiger partial charge in [-0.1, -0.05) is 19.1 Å². The molecule has 0 atom stereocenters. The Kier molecular flexibility index (Phi) is 4.24. The van der Waals surface area contributed by atoms with E-state index in [0.717, 1.165) is 18.6 Å². The molecule has 0 saturated heterocycles. The van der Waals surface area contributed by atoms with E-state index in [4.69, 9.17) is 0 Å². The summed E-state index contributed by atoms with van der Waals surface area (Å²) in [6, 6.07) is 11.4. The quantitative estimate of drug-likeness (QED) is 0.681. The molecule has 3 aromatic rings. The summed E-state index contributed by atoms with van der Waals surface area (Å²) < 4.78 is 40.5. The molecule has 0 bridgehead atoms. The second-order valence-corrected chi connectivity index (χ2v) is 7.41. The summed E-state index contributed by atoms with van der Waals surface area (Å²) in [6.45, 7) is 2.56. The van der Waals surface area contributed by atoms with Crippen LogP contribution in [0.5, 0.6) is 0 Å². The van der Waals surface area contributed by atoms with Crippen LogP contribution in [0.2, 0.25) is 0 Å². The standard InChI is InChI=1S/C18H16FNO3S/c1-2-11-20-12-17(18(21)15-5-3-4-6-16(15)20)24(22,23)14-9-7-13(19)8-10-14/h3-10,12H,2,11H2,1H3. The lowest BCUT2D eigenvalue weighted by Crippen LogP contribution is -2.19. The number of hydrogen-bond acceptors (Lipinski definition) is 3. The van der Waals surface area contributed by atoms with E-state index < -0.39 is 21.1 Å². The first kappa shape index (κ1) is 16.4. The van der Waals surface area contributed by atoms with E-state index >= 15 is 0 Å². The Morgan fingerprint density at radius 1 is 1.04 bits per heavy atom. The average molecular weight is 345 g/mol. The van der Waals surface area contributed by atoms with Gasteiger partial charge in [-0.25, -0.2) is 12.8 Å². The van der Waals surface area contributed by atoms with Gasteiger partial charge in [0.1, 0.15) is 10.7 Å². The first-order valence-corrected chi connectivity index (χ1v) is 9.06. The molecule has 6 heteroatoms. The highest BCUT2D eigenvalue weighted by atomic mass is 32.2. The molecule has 4 nitrogen and oxygen atoms in total. The van der Waals surface area contributed by atoms with Gasteiger partial charge in [0.05, 0.1) is 10.4 Å². The monoisotopic (exact) mass is 345 g/mol. The molecule has 0 unspecified atom stereocenters. The van der Waals surface area contributed by atoms with Gasteiger partial charge in [0.25, 0.3) is 0 Å². The first-order chi connectivity index (χ1) is 11.4. The van der Waals surface area contributed by atoms with Gasteiger partial charge in [-0.05, 0) is 42.8 Å². The van der Waals surface area contributed by atoms with Crippen molar-refractivity contribution in [1.29, 1.82) is 0 Å². The number of halogens is 1. The maximum absolute atomic E-state index is 13.1. The second-order valence-electron chi connectivity index (χ2n) is 5.49. The van der Waals surface area contributed by atoms with Gasteiger partial charge in [-0.3, -0.25) is 4.79 Å². The van der Waals surface area contributed by atoms with Crippen molar-refractivity contribution in [3.63, 3.8) is 0 Å². The lowest BCUT2D eigenvalue weighted by molar-refractivity contribution is 0.591. The summed E-state index contributed by atoms with van der Waals surface area (Å²) in [7, 11) is -4.02. The molecule has 0 aliphatic rings. The van der Waals surface area contributed by atoms with Crippen LogP contribution in [0.25, 0.3) is 10.9 Å². The fourth-order valence-electron chi connectivity index (χ4n) is 2.68. The number of rotatable bonds is 4. The van der Waals surface area contributed by atoms with Crippen molar-refractivity contribution < 1.29 is 12.8 Å². The van der Waals surface area contributed by atoms with Crippen molar-refractivity contribution in [3.8, 4) is 0 Å². The molecule has 24 heavy (non-hydrogen) atoms. The van der Waals surface area contributed by atoms with E-state index in [0.29, 0.717) is 17.4 Å². The van der Waals surface area contributed by atoms with Crippen LogP contribution in [0.3, 0.4) is 0 Å². The summed E-state index contributed by atoms with van der Waals surface area (Å²) in [5.74, 6) is -0.532. The fourth-order valence-corrected chi connectivity index (χ4v) is 4.04. The van der Waals surface area contributed by atoms with Gasteiger partial charge >= 0.3 is 0 Å². The van der Waals surface area contributed by atoms with E-state index in [9.17, 15) is 17.6 Å². The number of aromatic nitrogens is 1. The van der Waals surface area contributed by atoms with Crippen LogP contribution in [0, 0.1) is 5.82 Å². The molecule has 0 saturated carbocycles. The van der Waals surface area contributed by atoms with Gasteiger partial charge in [0.15, 0.2) is 0 Å². The van der Waals surface area contributed by atoms with Crippen LogP contribution >= 0.6 is 0 Å². The summed E-state index contributed by atoms with van der Waals surface area (Å²) in [5.41, 5.74) is 0.157. The highest BCUT2D eigenvalue weighted by Gasteiger charge is 2.23. The van der Waals surface area contributed by atoms with Crippen molar-refractivity contribution >= 4 is 20.7 Å². The summed E-state index contributed by atoms with van der Waals surface area (Å²) >= 11 is 0. The van der Waals surface area contributed by atoms with Crippen LogP contribution in [0.1, 0.15) is 13.3 Å². The number of aryl methyl sites for hydroxylation is 1. The maximum Gasteiger partial charge on any atom is 0.211 e. The number of para-hydroxylation sites is 1. The Labute approximate surface area is 139 Å². The fraction of sp³-hybridized carbons (Fsp3) is 0.167. The molecular formula is C18H16FNO3S. The predicted molar refractivity (Wildman–Crippen MR) is 90.4 cm³/mol. The largest absolute Gasteiger partial charge is 0.346 e. The highest BCUT2D eigenvalue weighted by molar-refractivity contribution is 7.91. The van der Waals surface area contributed by atoms with Crippen molar-refractivity contribution in [2.75, 3.05) is 0 Å². The van der Waals surface area contributed by atoms with Crippen LogP contribution in [-0.4, -0.2) is 13.0 Å². The van der Waals surface area contributed by atoms with Crippen LogP contribution in [0.15, 0.2) is 69.3 Å². The van der Waals surface area contributed by atoms with Crippen molar-refractivity contribution in [2.24, 2.45) is 0 Å². The van der Waals surface area contributed by atoms with E-state index in [1.165, 1.54) is 18.3 Å². The van der Waals surface area contributed by atoms with Gasteiger partial charge in [0, 0.05) is 18.1 Å². The molecule has 0 radical (unpaired) electrons. The first-order valence-electron chi connectivity index (χ1n) is 7.58. The lowest BCUT2D eigenvalue weighted by atomic mass is 10.2. The molecule has 0 N–H and O–H groups in total. The Hall–Kier alpha value is -2.47. The Balaban J connectivity index is 2.31. The smallest absolute Gasteiger partial charge is 0.211 e. The molecule has 0 spiro atoms. The molecule has 1 heterocycles. The normalized spacial score (nSPS) is 11.8. The molecular weight excluding hydrogens is 329 g/mol. The lowest BCUT2D eigenvalue weighted by Gasteiger charge is -2.13. The Morgan fingerprint density at radius 3 is 2.38 bits per heavy atom. The van der Waals surface area contributed by atoms with Crippen molar-refractivity contribution in [2.45, 2.75) is 29.7 Å². The zero-order valence-electron chi connectivity index (χ0n) is 13.1. The highest BCUT2D eigenvalue weighted by Crippen LogP contribution is 2.21. The Bertz CT molecular complexity index is 1050. The number of nitrogens with zero attached hydrogens (tertiary/aromatic N) is 1. The SMILES string of the molecule is CCCn1cc(S(=O)(=O)c2ccc(F)cc2)c(=O)c2ccccc21. The molecule has 124 valence electrons. The maximum atomic E-state index is 13.1. The minimum Gasteiger partial charge on any atom is -0.346 e. The molecule has 0 aliphatic carbocycles. The summed E-state index contributed by atoms with van der Waals surface area (Å²) in [6.07, 6.45) is 2.18. The van der Waals surface area contributed by atoms with E-state index in [-0.39, 0.29) is 9.79 Å². The number of pyridine rings is 1. The predicted octanol–water partition coefficient (Wildman–Crippen LogP) is 3.38. The zero-order valence-corrected chi connectivity index (χ0v) is 13.9. The molecule has 0 aliphatic heterocycles. The van der Waals surface area contributed by atoms with E-state index in [1.807, 2.05) is 13.0 Å². The summed E-state index contributed by atoms with van der Waals surface area (Å²) in [4.78, 5) is 12.3. The number of benzene rings is 2. The van der Waals surface area contributed by atoms with Crippen LogP contribution in [0.4, 0.5) is 4.39 Å². The molecule has 1 aromatic heterocycles. The van der Waals surface area contributed by atoms with Gasteiger partial charge in [-0.2, -0.15) is 0 Å². The van der Waals surface area contributed by atoms with Gasteiger partial charge in [0.2, 0.25) is 15.3 Å². The molecule has 0 fully saturated rings. The number of fused-ring (bicyclic) bond motifs is 1. The second kappa shape index (κ2) is 6.20. The van der Waals surface area contributed by atoms with Gasteiger partial charge in [-0.15, -0.1) is 0 Å². The molecule has 3 rings (SSSR count). The zero-order chi connectivity index (χ0) is 17.3. The third kappa shape index (κ3) is 2.73. The van der Waals surface area contributed by atoms with Gasteiger partial charge < -0.3 is 4.57 Å². The van der Waals surface area contributed by atoms with Crippen LogP contribution in [-0.2, 0) is 16.4 Å².